The summed E-state index contributed by atoms with van der Waals surface area (Å²) in [7, 11) is 0. The number of halogens is 1. The van der Waals surface area contributed by atoms with Gasteiger partial charge in [0.15, 0.2) is 0 Å². The summed E-state index contributed by atoms with van der Waals surface area (Å²) in [4.78, 5) is 26.8. The molecule has 1 heterocycles. The fraction of sp³-hybridized carbons (Fsp3) is 0.429. The Morgan fingerprint density at radius 1 is 1.15 bits per heavy atom. The third-order valence-electron chi connectivity index (χ3n) is 3.43. The van der Waals surface area contributed by atoms with Crippen molar-refractivity contribution < 1.29 is 19.1 Å². The number of hydrogen-bond acceptors (Lipinski definition) is 3. The Labute approximate surface area is 116 Å². The summed E-state index contributed by atoms with van der Waals surface area (Å²) >= 11 is 0. The fourth-order valence-electron chi connectivity index (χ4n) is 2.32. The molecule has 2 amide bonds. The van der Waals surface area contributed by atoms with Gasteiger partial charge in [0.25, 0.3) is 5.91 Å². The van der Waals surface area contributed by atoms with Gasteiger partial charge in [0.1, 0.15) is 17.1 Å². The van der Waals surface area contributed by atoms with Crippen molar-refractivity contribution in [3.05, 3.63) is 29.6 Å². The number of benzene rings is 1. The van der Waals surface area contributed by atoms with Crippen LogP contribution in [-0.4, -0.2) is 52.9 Å². The molecule has 0 saturated carbocycles. The van der Waals surface area contributed by atoms with Crippen LogP contribution in [0.25, 0.3) is 0 Å². The van der Waals surface area contributed by atoms with Gasteiger partial charge in [-0.25, -0.2) is 4.39 Å². The summed E-state index contributed by atoms with van der Waals surface area (Å²) in [6.07, 6.45) is 0.639. The first kappa shape index (κ1) is 14.3. The fourth-order valence-corrected chi connectivity index (χ4v) is 2.32. The van der Waals surface area contributed by atoms with Gasteiger partial charge in [-0.05, 0) is 18.6 Å². The molecule has 1 saturated heterocycles. The van der Waals surface area contributed by atoms with Crippen LogP contribution in [0.2, 0.25) is 0 Å². The molecule has 0 atom stereocenters. The van der Waals surface area contributed by atoms with E-state index in [9.17, 15) is 19.1 Å². The second kappa shape index (κ2) is 5.90. The topological polar surface area (TPSA) is 60.9 Å². The molecule has 0 radical (unpaired) electrons. The molecule has 1 aliphatic rings. The summed E-state index contributed by atoms with van der Waals surface area (Å²) in [6.45, 7) is 3.28. The molecule has 20 heavy (non-hydrogen) atoms. The number of rotatable bonds is 1. The zero-order valence-electron chi connectivity index (χ0n) is 11.3. The third-order valence-corrected chi connectivity index (χ3v) is 3.43. The van der Waals surface area contributed by atoms with E-state index in [1.54, 1.807) is 4.90 Å². The molecule has 0 aromatic heterocycles. The van der Waals surface area contributed by atoms with Gasteiger partial charge < -0.3 is 14.9 Å². The van der Waals surface area contributed by atoms with Gasteiger partial charge in [-0.1, -0.05) is 6.07 Å². The number of hydrogen-bond donors (Lipinski definition) is 1. The third kappa shape index (κ3) is 2.89. The van der Waals surface area contributed by atoms with E-state index in [-0.39, 0.29) is 17.2 Å². The normalized spacial score (nSPS) is 15.9. The zero-order valence-corrected chi connectivity index (χ0v) is 11.3. The molecule has 1 N–H and O–H groups in total. The first-order chi connectivity index (χ1) is 9.50. The van der Waals surface area contributed by atoms with Crippen LogP contribution >= 0.6 is 0 Å². The molecule has 0 unspecified atom stereocenters. The molecule has 0 bridgehead atoms. The Kier molecular flexibility index (Phi) is 4.22. The van der Waals surface area contributed by atoms with Crippen LogP contribution in [-0.2, 0) is 4.79 Å². The van der Waals surface area contributed by atoms with E-state index in [1.807, 2.05) is 0 Å². The van der Waals surface area contributed by atoms with Gasteiger partial charge in [0.05, 0.1) is 0 Å². The Hall–Kier alpha value is -2.11. The van der Waals surface area contributed by atoms with Crippen LogP contribution in [0.1, 0.15) is 23.7 Å². The maximum absolute atomic E-state index is 13.7. The molecule has 6 heteroatoms. The first-order valence-electron chi connectivity index (χ1n) is 6.53. The quantitative estimate of drug-likeness (QED) is 0.841. The Bertz CT molecular complexity index is 513. The lowest BCUT2D eigenvalue weighted by Gasteiger charge is -2.22. The first-order valence-corrected chi connectivity index (χ1v) is 6.53. The molecule has 5 nitrogen and oxygen atoms in total. The van der Waals surface area contributed by atoms with Crippen molar-refractivity contribution in [2.45, 2.75) is 13.3 Å². The number of amides is 2. The van der Waals surface area contributed by atoms with Crippen molar-refractivity contribution in [1.82, 2.24) is 9.80 Å². The molecule has 1 aromatic carbocycles. The lowest BCUT2D eigenvalue weighted by molar-refractivity contribution is -0.128. The van der Waals surface area contributed by atoms with Gasteiger partial charge in [0.2, 0.25) is 5.91 Å². The van der Waals surface area contributed by atoms with Gasteiger partial charge in [-0.3, -0.25) is 9.59 Å². The standard InChI is InChI=1S/C14H17FN2O3/c1-10(18)16-6-3-7-17(9-8-16)14(20)13-11(15)4-2-5-12(13)19/h2,4-5,19H,3,6-9H2,1H3. The average molecular weight is 280 g/mol. The molecule has 108 valence electrons. The number of carbonyl (C=O) groups is 2. The van der Waals surface area contributed by atoms with E-state index in [1.165, 1.54) is 24.0 Å². The molecule has 2 rings (SSSR count). The highest BCUT2D eigenvalue weighted by Gasteiger charge is 2.25. The van der Waals surface area contributed by atoms with Crippen LogP contribution in [0.5, 0.6) is 5.75 Å². The molecule has 1 fully saturated rings. The van der Waals surface area contributed by atoms with E-state index in [4.69, 9.17) is 0 Å². The van der Waals surface area contributed by atoms with Crippen LogP contribution in [0, 0.1) is 5.82 Å². The number of phenolic OH excluding ortho intramolecular Hbond substituents is 1. The highest BCUT2D eigenvalue weighted by molar-refractivity contribution is 5.97. The Morgan fingerprint density at radius 2 is 1.80 bits per heavy atom. The largest absolute Gasteiger partial charge is 0.507 e. The predicted molar refractivity (Wildman–Crippen MR) is 70.8 cm³/mol. The number of carbonyl (C=O) groups excluding carboxylic acids is 2. The molecular weight excluding hydrogens is 263 g/mol. The zero-order chi connectivity index (χ0) is 14.7. The lowest BCUT2D eigenvalue weighted by atomic mass is 10.1. The molecule has 1 aromatic rings. The second-order valence-electron chi connectivity index (χ2n) is 4.79. The van der Waals surface area contributed by atoms with Crippen molar-refractivity contribution in [3.8, 4) is 5.75 Å². The smallest absolute Gasteiger partial charge is 0.260 e. The van der Waals surface area contributed by atoms with Crippen LogP contribution < -0.4 is 0 Å². The second-order valence-corrected chi connectivity index (χ2v) is 4.79. The number of aromatic hydroxyl groups is 1. The maximum Gasteiger partial charge on any atom is 0.260 e. The van der Waals surface area contributed by atoms with E-state index in [0.29, 0.717) is 32.6 Å². The summed E-state index contributed by atoms with van der Waals surface area (Å²) in [6, 6.07) is 3.78. The lowest BCUT2D eigenvalue weighted by Crippen LogP contribution is -2.36. The molecule has 0 aliphatic carbocycles. The van der Waals surface area contributed by atoms with Crippen molar-refractivity contribution in [1.29, 1.82) is 0 Å². The summed E-state index contributed by atoms with van der Waals surface area (Å²) in [5, 5.41) is 9.65. The van der Waals surface area contributed by atoms with Gasteiger partial charge in [-0.15, -0.1) is 0 Å². The monoisotopic (exact) mass is 280 g/mol. The summed E-state index contributed by atoms with van der Waals surface area (Å²) in [5.41, 5.74) is -0.302. The van der Waals surface area contributed by atoms with Crippen molar-refractivity contribution in [2.75, 3.05) is 26.2 Å². The van der Waals surface area contributed by atoms with Gasteiger partial charge >= 0.3 is 0 Å². The van der Waals surface area contributed by atoms with E-state index in [0.717, 1.165) is 6.07 Å². The number of nitrogens with zero attached hydrogens (tertiary/aromatic N) is 2. The predicted octanol–water partition coefficient (Wildman–Crippen LogP) is 1.23. The Morgan fingerprint density at radius 3 is 2.45 bits per heavy atom. The Balaban J connectivity index is 2.16. The van der Waals surface area contributed by atoms with Crippen LogP contribution in [0.4, 0.5) is 4.39 Å². The van der Waals surface area contributed by atoms with Gasteiger partial charge in [-0.2, -0.15) is 0 Å². The van der Waals surface area contributed by atoms with E-state index in [2.05, 4.69) is 0 Å². The number of phenols is 1. The average Bonchev–Trinajstić information content (AvgIpc) is 2.64. The minimum Gasteiger partial charge on any atom is -0.507 e. The summed E-state index contributed by atoms with van der Waals surface area (Å²) < 4.78 is 13.7. The van der Waals surface area contributed by atoms with Crippen molar-refractivity contribution in [2.24, 2.45) is 0 Å². The van der Waals surface area contributed by atoms with Crippen LogP contribution in [0.3, 0.4) is 0 Å². The maximum atomic E-state index is 13.7. The van der Waals surface area contributed by atoms with Crippen molar-refractivity contribution >= 4 is 11.8 Å². The van der Waals surface area contributed by atoms with E-state index >= 15 is 0 Å². The molecule has 0 spiro atoms. The highest BCUT2D eigenvalue weighted by Crippen LogP contribution is 2.22. The summed E-state index contributed by atoms with van der Waals surface area (Å²) in [5.74, 6) is -1.66. The van der Waals surface area contributed by atoms with Crippen LogP contribution in [0.15, 0.2) is 18.2 Å². The molecular formula is C14H17FN2O3. The SMILES string of the molecule is CC(=O)N1CCCN(C(=O)c2c(O)cccc2F)CC1. The minimum atomic E-state index is -0.734. The van der Waals surface area contributed by atoms with Crippen molar-refractivity contribution in [3.63, 3.8) is 0 Å². The minimum absolute atomic E-state index is 0.0342. The highest BCUT2D eigenvalue weighted by atomic mass is 19.1. The molecule has 1 aliphatic heterocycles. The van der Waals surface area contributed by atoms with E-state index < -0.39 is 11.7 Å². The van der Waals surface area contributed by atoms with Gasteiger partial charge in [0, 0.05) is 33.1 Å².